The van der Waals surface area contributed by atoms with Crippen molar-refractivity contribution < 1.29 is 18.7 Å². The number of rotatable bonds is 5. The number of fused-ring (bicyclic) bond motifs is 1. The van der Waals surface area contributed by atoms with Crippen LogP contribution in [0.5, 0.6) is 5.75 Å². The van der Waals surface area contributed by atoms with Gasteiger partial charge in [-0.3, -0.25) is 0 Å². The van der Waals surface area contributed by atoms with Gasteiger partial charge in [0.2, 0.25) is 0 Å². The lowest BCUT2D eigenvalue weighted by atomic mass is 10.00. The third-order valence-electron chi connectivity index (χ3n) is 4.13. The lowest BCUT2D eigenvalue weighted by molar-refractivity contribution is -0.150. The van der Waals surface area contributed by atoms with Gasteiger partial charge in [0.15, 0.2) is 6.10 Å². The van der Waals surface area contributed by atoms with E-state index in [1.54, 1.807) is 26.0 Å². The molecule has 3 aromatic rings. The Morgan fingerprint density at radius 3 is 2.58 bits per heavy atom. The monoisotopic (exact) mass is 352 g/mol. The number of aryl methyl sites for hydroxylation is 1. The Kier molecular flexibility index (Phi) is 5.07. The Labute approximate surface area is 151 Å². The molecule has 0 spiro atoms. The summed E-state index contributed by atoms with van der Waals surface area (Å²) in [5, 5.41) is 0.819. The molecule has 2 aromatic carbocycles. The lowest BCUT2D eigenvalue weighted by Gasteiger charge is -2.14. The number of hydrogen-bond donors (Lipinski definition) is 0. The third-order valence-corrected chi connectivity index (χ3v) is 4.13. The highest BCUT2D eigenvalue weighted by molar-refractivity contribution is 5.87. The van der Waals surface area contributed by atoms with Crippen molar-refractivity contribution in [2.75, 3.05) is 6.61 Å². The standard InChI is InChI=1S/C21H20O5/c1-4-24-20(22)14(3)25-16-10-11-17-13(2)19(15-8-6-5-7-9-15)21(23)26-18(17)12-16/h5-12,14H,4H2,1-3H3. The van der Waals surface area contributed by atoms with Crippen molar-refractivity contribution >= 4 is 16.9 Å². The summed E-state index contributed by atoms with van der Waals surface area (Å²) in [4.78, 5) is 24.2. The summed E-state index contributed by atoms with van der Waals surface area (Å²) in [7, 11) is 0. The molecule has 0 N–H and O–H groups in total. The van der Waals surface area contributed by atoms with E-state index in [2.05, 4.69) is 0 Å². The topological polar surface area (TPSA) is 65.7 Å². The van der Waals surface area contributed by atoms with Crippen LogP contribution in [0, 0.1) is 6.92 Å². The molecule has 0 saturated heterocycles. The van der Waals surface area contributed by atoms with Crippen molar-refractivity contribution in [3.05, 3.63) is 64.5 Å². The Hall–Kier alpha value is -3.08. The van der Waals surface area contributed by atoms with E-state index >= 15 is 0 Å². The van der Waals surface area contributed by atoms with Gasteiger partial charge >= 0.3 is 11.6 Å². The second-order valence-electron chi connectivity index (χ2n) is 5.93. The maximum absolute atomic E-state index is 12.5. The molecule has 0 radical (unpaired) electrons. The van der Waals surface area contributed by atoms with Gasteiger partial charge in [0.1, 0.15) is 11.3 Å². The molecule has 0 amide bonds. The van der Waals surface area contributed by atoms with Crippen molar-refractivity contribution in [3.8, 4) is 16.9 Å². The van der Waals surface area contributed by atoms with Gasteiger partial charge in [-0.1, -0.05) is 30.3 Å². The third kappa shape index (κ3) is 3.47. The van der Waals surface area contributed by atoms with Gasteiger partial charge in [0.05, 0.1) is 12.2 Å². The van der Waals surface area contributed by atoms with E-state index in [4.69, 9.17) is 13.9 Å². The van der Waals surface area contributed by atoms with E-state index < -0.39 is 17.7 Å². The summed E-state index contributed by atoms with van der Waals surface area (Å²) in [6.07, 6.45) is -0.746. The van der Waals surface area contributed by atoms with Gasteiger partial charge in [-0.05, 0) is 44.0 Å². The molecule has 1 heterocycles. The van der Waals surface area contributed by atoms with Crippen molar-refractivity contribution in [3.63, 3.8) is 0 Å². The molecule has 0 saturated carbocycles. The number of carbonyl (C=O) groups excluding carboxylic acids is 1. The second kappa shape index (κ2) is 7.44. The number of hydrogen-bond acceptors (Lipinski definition) is 5. The Morgan fingerprint density at radius 2 is 1.88 bits per heavy atom. The fourth-order valence-corrected chi connectivity index (χ4v) is 2.86. The van der Waals surface area contributed by atoms with Crippen molar-refractivity contribution in [2.45, 2.75) is 26.9 Å². The van der Waals surface area contributed by atoms with E-state index in [-0.39, 0.29) is 0 Å². The van der Waals surface area contributed by atoms with Crippen LogP contribution in [0.3, 0.4) is 0 Å². The average molecular weight is 352 g/mol. The molecular weight excluding hydrogens is 332 g/mol. The Morgan fingerprint density at radius 1 is 1.15 bits per heavy atom. The molecule has 134 valence electrons. The fraction of sp³-hybridized carbons (Fsp3) is 0.238. The first-order valence-corrected chi connectivity index (χ1v) is 8.47. The highest BCUT2D eigenvalue weighted by Gasteiger charge is 2.17. The van der Waals surface area contributed by atoms with Crippen LogP contribution in [0.2, 0.25) is 0 Å². The SMILES string of the molecule is CCOC(=O)C(C)Oc1ccc2c(C)c(-c3ccccc3)c(=O)oc2c1. The number of esters is 1. The zero-order valence-electron chi connectivity index (χ0n) is 14.9. The first kappa shape index (κ1) is 17.7. The molecule has 1 unspecified atom stereocenters. The predicted molar refractivity (Wildman–Crippen MR) is 99.4 cm³/mol. The van der Waals surface area contributed by atoms with E-state index in [1.165, 1.54) is 0 Å². The van der Waals surface area contributed by atoms with Crippen LogP contribution < -0.4 is 10.4 Å². The van der Waals surface area contributed by atoms with Crippen LogP contribution in [0.15, 0.2) is 57.7 Å². The van der Waals surface area contributed by atoms with Gasteiger partial charge in [-0.15, -0.1) is 0 Å². The van der Waals surface area contributed by atoms with Gasteiger partial charge in [0.25, 0.3) is 0 Å². The second-order valence-corrected chi connectivity index (χ2v) is 5.93. The maximum atomic E-state index is 12.5. The van der Waals surface area contributed by atoms with Gasteiger partial charge < -0.3 is 13.9 Å². The highest BCUT2D eigenvalue weighted by atomic mass is 16.6. The minimum atomic E-state index is -0.746. The van der Waals surface area contributed by atoms with Crippen molar-refractivity contribution in [1.82, 2.24) is 0 Å². The molecule has 26 heavy (non-hydrogen) atoms. The molecule has 0 aliphatic carbocycles. The van der Waals surface area contributed by atoms with Crippen LogP contribution >= 0.6 is 0 Å². The van der Waals surface area contributed by atoms with Crippen LogP contribution in [-0.2, 0) is 9.53 Å². The molecular formula is C21H20O5. The number of ether oxygens (including phenoxy) is 2. The predicted octanol–water partition coefficient (Wildman–Crippen LogP) is 4.10. The minimum Gasteiger partial charge on any atom is -0.479 e. The molecule has 1 aromatic heterocycles. The van der Waals surface area contributed by atoms with E-state index in [0.29, 0.717) is 23.5 Å². The van der Waals surface area contributed by atoms with Crippen LogP contribution in [0.25, 0.3) is 22.1 Å². The van der Waals surface area contributed by atoms with Crippen LogP contribution in [-0.4, -0.2) is 18.7 Å². The average Bonchev–Trinajstić information content (AvgIpc) is 2.62. The van der Waals surface area contributed by atoms with Crippen LogP contribution in [0.4, 0.5) is 0 Å². The Bertz CT molecular complexity index is 988. The molecule has 0 aliphatic rings. The van der Waals surface area contributed by atoms with Gasteiger partial charge in [-0.25, -0.2) is 9.59 Å². The first-order valence-electron chi connectivity index (χ1n) is 8.47. The van der Waals surface area contributed by atoms with E-state index in [0.717, 1.165) is 16.5 Å². The summed E-state index contributed by atoms with van der Waals surface area (Å²) in [5.41, 5.74) is 2.22. The van der Waals surface area contributed by atoms with Gasteiger partial charge in [0, 0.05) is 11.5 Å². The largest absolute Gasteiger partial charge is 0.479 e. The Balaban J connectivity index is 2.00. The smallest absolute Gasteiger partial charge is 0.347 e. The molecule has 0 fully saturated rings. The zero-order chi connectivity index (χ0) is 18.7. The number of carbonyl (C=O) groups is 1. The molecule has 1 atom stereocenters. The summed E-state index contributed by atoms with van der Waals surface area (Å²) in [6.45, 7) is 5.54. The summed E-state index contributed by atoms with van der Waals surface area (Å²) in [6, 6.07) is 14.6. The van der Waals surface area contributed by atoms with E-state index in [1.807, 2.05) is 43.3 Å². The van der Waals surface area contributed by atoms with Gasteiger partial charge in [-0.2, -0.15) is 0 Å². The fourth-order valence-electron chi connectivity index (χ4n) is 2.86. The maximum Gasteiger partial charge on any atom is 0.347 e. The molecule has 5 nitrogen and oxygen atoms in total. The zero-order valence-corrected chi connectivity index (χ0v) is 14.9. The molecule has 3 rings (SSSR count). The molecule has 0 bridgehead atoms. The van der Waals surface area contributed by atoms with Crippen molar-refractivity contribution in [2.24, 2.45) is 0 Å². The quantitative estimate of drug-likeness (QED) is 0.511. The normalized spacial score (nSPS) is 12.0. The highest BCUT2D eigenvalue weighted by Crippen LogP contribution is 2.29. The molecule has 5 heteroatoms. The minimum absolute atomic E-state index is 0.292. The first-order chi connectivity index (χ1) is 12.5. The van der Waals surface area contributed by atoms with Crippen molar-refractivity contribution in [1.29, 1.82) is 0 Å². The lowest BCUT2D eigenvalue weighted by Crippen LogP contribution is -2.26. The molecule has 0 aliphatic heterocycles. The van der Waals surface area contributed by atoms with Crippen LogP contribution in [0.1, 0.15) is 19.4 Å². The summed E-state index contributed by atoms with van der Waals surface area (Å²) in [5.74, 6) is -0.00211. The summed E-state index contributed by atoms with van der Waals surface area (Å²) >= 11 is 0. The summed E-state index contributed by atoms with van der Waals surface area (Å²) < 4.78 is 16.0. The van der Waals surface area contributed by atoms with E-state index in [9.17, 15) is 9.59 Å². The number of benzene rings is 2.